The maximum atomic E-state index is 13.4. The van der Waals surface area contributed by atoms with E-state index in [-0.39, 0.29) is 11.9 Å². The number of carbonyl (C=O) groups excluding carboxylic acids is 1. The number of benzene rings is 1. The highest BCUT2D eigenvalue weighted by Crippen LogP contribution is 2.55. The average molecular weight is 443 g/mol. The maximum Gasteiger partial charge on any atom is 0.230 e. The van der Waals surface area contributed by atoms with Gasteiger partial charge in [0.2, 0.25) is 5.91 Å². The predicted octanol–water partition coefficient (Wildman–Crippen LogP) is 2.73. The van der Waals surface area contributed by atoms with Crippen molar-refractivity contribution in [3.8, 4) is 5.75 Å². The molecule has 2 atom stereocenters. The van der Waals surface area contributed by atoms with E-state index in [1.165, 1.54) is 0 Å². The Balaban J connectivity index is 1.20. The van der Waals surface area contributed by atoms with Gasteiger partial charge in [-0.25, -0.2) is 0 Å². The van der Waals surface area contributed by atoms with E-state index in [4.69, 9.17) is 9.47 Å². The molecule has 0 radical (unpaired) electrons. The zero-order chi connectivity index (χ0) is 22.3. The molecule has 4 aliphatic carbocycles. The van der Waals surface area contributed by atoms with Crippen molar-refractivity contribution in [1.82, 2.24) is 10.2 Å². The molecule has 1 saturated heterocycles. The van der Waals surface area contributed by atoms with Gasteiger partial charge in [-0.15, -0.1) is 0 Å². The number of hydrogen-bond donors (Lipinski definition) is 2. The number of hydrogen-bond acceptors (Lipinski definition) is 5. The summed E-state index contributed by atoms with van der Waals surface area (Å²) in [5.41, 5.74) is -0.142. The van der Waals surface area contributed by atoms with Crippen molar-refractivity contribution in [3.05, 3.63) is 29.8 Å². The number of ether oxygens (including phenoxy) is 2. The van der Waals surface area contributed by atoms with Gasteiger partial charge in [-0.3, -0.25) is 9.69 Å². The first-order valence-corrected chi connectivity index (χ1v) is 12.4. The molecule has 5 aliphatic rings. The van der Waals surface area contributed by atoms with Crippen LogP contribution in [-0.2, 0) is 14.9 Å². The van der Waals surface area contributed by atoms with E-state index in [0.29, 0.717) is 24.4 Å². The molecule has 0 unspecified atom stereocenters. The van der Waals surface area contributed by atoms with Crippen molar-refractivity contribution in [2.45, 2.75) is 63.0 Å². The molecule has 1 aliphatic heterocycles. The molecule has 0 aromatic heterocycles. The predicted molar refractivity (Wildman–Crippen MR) is 123 cm³/mol. The van der Waals surface area contributed by atoms with Gasteiger partial charge >= 0.3 is 0 Å². The largest absolute Gasteiger partial charge is 0.492 e. The van der Waals surface area contributed by atoms with E-state index in [9.17, 15) is 9.90 Å². The Morgan fingerprint density at radius 3 is 2.62 bits per heavy atom. The number of rotatable bonds is 7. The smallest absolute Gasteiger partial charge is 0.230 e. The van der Waals surface area contributed by atoms with E-state index in [1.807, 2.05) is 38.1 Å². The van der Waals surface area contributed by atoms with Gasteiger partial charge < -0.3 is 19.9 Å². The third-order valence-electron chi connectivity index (χ3n) is 8.44. The summed E-state index contributed by atoms with van der Waals surface area (Å²) in [5.74, 6) is 2.37. The van der Waals surface area contributed by atoms with Gasteiger partial charge in [0.15, 0.2) is 0 Å². The van der Waals surface area contributed by atoms with Crippen molar-refractivity contribution < 1.29 is 19.4 Å². The molecule has 2 N–H and O–H groups in total. The van der Waals surface area contributed by atoms with Crippen molar-refractivity contribution in [3.63, 3.8) is 0 Å². The van der Waals surface area contributed by atoms with Crippen molar-refractivity contribution in [1.29, 1.82) is 0 Å². The fraction of sp³-hybridized carbons (Fsp3) is 0.731. The van der Waals surface area contributed by atoms with Crippen LogP contribution in [0.25, 0.3) is 0 Å². The van der Waals surface area contributed by atoms with Gasteiger partial charge in [0, 0.05) is 25.7 Å². The van der Waals surface area contributed by atoms with Crippen molar-refractivity contribution >= 4 is 5.91 Å². The Labute approximate surface area is 191 Å². The molecule has 4 saturated carbocycles. The van der Waals surface area contributed by atoms with Gasteiger partial charge in [-0.05, 0) is 81.4 Å². The van der Waals surface area contributed by atoms with Crippen LogP contribution in [0.5, 0.6) is 5.75 Å². The SMILES string of the molecule is CC(C)(C(=O)NC1[C@@H]2CC3C[C@@H]1CC(O)(C3)C2)c1cccc(OCCN2CCOCC2)c1. The molecule has 1 aromatic carbocycles. The summed E-state index contributed by atoms with van der Waals surface area (Å²) in [6, 6.07) is 8.18. The molecule has 1 aromatic rings. The van der Waals surface area contributed by atoms with Gasteiger partial charge in [-0.2, -0.15) is 0 Å². The van der Waals surface area contributed by atoms with Crippen LogP contribution in [0.1, 0.15) is 51.5 Å². The summed E-state index contributed by atoms with van der Waals surface area (Å²) in [5, 5.41) is 14.3. The lowest BCUT2D eigenvalue weighted by Crippen LogP contribution is -2.62. The Kier molecular flexibility index (Phi) is 5.97. The highest BCUT2D eigenvalue weighted by atomic mass is 16.5. The first-order valence-electron chi connectivity index (χ1n) is 12.4. The van der Waals surface area contributed by atoms with E-state index >= 15 is 0 Å². The Morgan fingerprint density at radius 1 is 1.22 bits per heavy atom. The van der Waals surface area contributed by atoms with Crippen LogP contribution in [-0.4, -0.2) is 67.0 Å². The first kappa shape index (κ1) is 22.2. The normalized spacial score (nSPS) is 34.5. The zero-order valence-electron chi connectivity index (χ0n) is 19.5. The van der Waals surface area contributed by atoms with Crippen molar-refractivity contribution in [2.75, 3.05) is 39.5 Å². The molecular weight excluding hydrogens is 404 g/mol. The summed E-state index contributed by atoms with van der Waals surface area (Å²) in [6.07, 6.45) is 4.95. The van der Waals surface area contributed by atoms with Gasteiger partial charge in [-0.1, -0.05) is 12.1 Å². The average Bonchev–Trinajstić information content (AvgIpc) is 2.76. The first-order chi connectivity index (χ1) is 15.3. The summed E-state index contributed by atoms with van der Waals surface area (Å²) in [4.78, 5) is 15.8. The van der Waals surface area contributed by atoms with Gasteiger partial charge in [0.05, 0.1) is 24.2 Å². The monoisotopic (exact) mass is 442 g/mol. The summed E-state index contributed by atoms with van der Waals surface area (Å²) in [6.45, 7) is 9.01. The second kappa shape index (κ2) is 8.62. The summed E-state index contributed by atoms with van der Waals surface area (Å²) >= 11 is 0. The minimum atomic E-state index is -0.644. The fourth-order valence-electron chi connectivity index (χ4n) is 6.77. The molecule has 6 rings (SSSR count). The summed E-state index contributed by atoms with van der Waals surface area (Å²) in [7, 11) is 0. The van der Waals surface area contributed by atoms with Crippen LogP contribution in [0.4, 0.5) is 0 Å². The highest BCUT2D eigenvalue weighted by molar-refractivity contribution is 5.87. The highest BCUT2D eigenvalue weighted by Gasteiger charge is 2.55. The van der Waals surface area contributed by atoms with E-state index in [2.05, 4.69) is 10.2 Å². The van der Waals surface area contributed by atoms with Crippen LogP contribution in [0, 0.1) is 17.8 Å². The van der Waals surface area contributed by atoms with Gasteiger partial charge in [0.25, 0.3) is 0 Å². The quantitative estimate of drug-likeness (QED) is 0.680. The van der Waals surface area contributed by atoms with Crippen LogP contribution < -0.4 is 10.1 Å². The number of nitrogens with zero attached hydrogens (tertiary/aromatic N) is 1. The zero-order valence-corrected chi connectivity index (χ0v) is 19.5. The van der Waals surface area contributed by atoms with E-state index in [1.54, 1.807) is 0 Å². The van der Waals surface area contributed by atoms with Crippen LogP contribution in [0.2, 0.25) is 0 Å². The second-order valence-corrected chi connectivity index (χ2v) is 11.1. The molecule has 5 fully saturated rings. The third-order valence-corrected chi connectivity index (χ3v) is 8.44. The van der Waals surface area contributed by atoms with Crippen LogP contribution in [0.15, 0.2) is 24.3 Å². The molecule has 0 spiro atoms. The fourth-order valence-corrected chi connectivity index (χ4v) is 6.77. The van der Waals surface area contributed by atoms with Crippen LogP contribution >= 0.6 is 0 Å². The number of amides is 1. The number of nitrogens with one attached hydrogen (secondary N) is 1. The van der Waals surface area contributed by atoms with Gasteiger partial charge in [0.1, 0.15) is 12.4 Å². The molecule has 1 amide bonds. The topological polar surface area (TPSA) is 71.0 Å². The molecule has 32 heavy (non-hydrogen) atoms. The number of carbonyl (C=O) groups is 1. The maximum absolute atomic E-state index is 13.4. The lowest BCUT2D eigenvalue weighted by Gasteiger charge is -2.58. The third kappa shape index (κ3) is 4.42. The Bertz CT molecular complexity index is 819. The lowest BCUT2D eigenvalue weighted by atomic mass is 9.52. The lowest BCUT2D eigenvalue weighted by molar-refractivity contribution is -0.148. The minimum absolute atomic E-state index is 0.0763. The van der Waals surface area contributed by atoms with E-state index in [0.717, 1.165) is 76.3 Å². The number of aliphatic hydroxyl groups is 1. The standard InChI is InChI=1S/C26H38N2O4/c1-25(2,21-4-3-5-22(14-21)32-11-8-28-6-9-31-10-7-28)24(29)27-23-19-12-18-13-20(23)17-26(30,15-18)16-19/h3-5,14,18-20,23,30H,6-13,15-17H2,1-2H3,(H,27,29)/t18?,19-,20-,23?,26?/m1/s1. The Hall–Kier alpha value is -1.63. The molecule has 4 bridgehead atoms. The molecule has 176 valence electrons. The van der Waals surface area contributed by atoms with Crippen molar-refractivity contribution in [2.24, 2.45) is 17.8 Å². The molecule has 6 nitrogen and oxygen atoms in total. The Morgan fingerprint density at radius 2 is 1.94 bits per heavy atom. The molecule has 1 heterocycles. The second-order valence-electron chi connectivity index (χ2n) is 11.1. The molecule has 6 heteroatoms. The van der Waals surface area contributed by atoms with E-state index < -0.39 is 11.0 Å². The number of morpholine rings is 1. The van der Waals surface area contributed by atoms with Crippen LogP contribution in [0.3, 0.4) is 0 Å². The summed E-state index contributed by atoms with van der Waals surface area (Å²) < 4.78 is 11.4. The molecular formula is C26H38N2O4. The minimum Gasteiger partial charge on any atom is -0.492 e.